The van der Waals surface area contributed by atoms with Gasteiger partial charge in [-0.05, 0) is 32.0 Å². The van der Waals surface area contributed by atoms with Crippen LogP contribution in [-0.2, 0) is 4.79 Å². The quantitative estimate of drug-likeness (QED) is 0.486. The Hall–Kier alpha value is -2.87. The molecule has 7 nitrogen and oxygen atoms in total. The molecule has 0 saturated heterocycles. The van der Waals surface area contributed by atoms with Gasteiger partial charge in [-0.25, -0.2) is 0 Å². The lowest BCUT2D eigenvalue weighted by atomic mass is 10.1. The van der Waals surface area contributed by atoms with Crippen LogP contribution in [0.5, 0.6) is 0 Å². The van der Waals surface area contributed by atoms with E-state index in [4.69, 9.17) is 0 Å². The van der Waals surface area contributed by atoms with Crippen LogP contribution in [0.1, 0.15) is 21.5 Å². The molecule has 2 aromatic rings. The standard InChI is InChI=1S/C17H17N3O4S/c1-11-3-7-14(8-4-11)25-10-16(21)18-19-17(22)13-6-5-12(2)15(9-13)20(23)24/h3-9H,10H2,1-2H3,(H,18,21)(H,19,22). The zero-order chi connectivity index (χ0) is 18.4. The Labute approximate surface area is 148 Å². The van der Waals surface area contributed by atoms with Crippen LogP contribution in [0.15, 0.2) is 47.4 Å². The smallest absolute Gasteiger partial charge is 0.272 e. The number of benzene rings is 2. The molecular formula is C17H17N3O4S. The number of hydrogen-bond donors (Lipinski definition) is 2. The maximum Gasteiger partial charge on any atom is 0.273 e. The molecule has 0 heterocycles. The van der Waals surface area contributed by atoms with Crippen LogP contribution in [0.25, 0.3) is 0 Å². The van der Waals surface area contributed by atoms with Crippen molar-refractivity contribution in [3.63, 3.8) is 0 Å². The van der Waals surface area contributed by atoms with Crippen LogP contribution in [0.2, 0.25) is 0 Å². The second kappa shape index (κ2) is 8.29. The van der Waals surface area contributed by atoms with E-state index in [0.29, 0.717) is 5.56 Å². The Kier molecular flexibility index (Phi) is 6.13. The molecule has 8 heteroatoms. The van der Waals surface area contributed by atoms with Crippen molar-refractivity contribution in [2.45, 2.75) is 18.7 Å². The average molecular weight is 359 g/mol. The van der Waals surface area contributed by atoms with Gasteiger partial charge < -0.3 is 0 Å². The predicted octanol–water partition coefficient (Wildman–Crippen LogP) is 2.76. The topological polar surface area (TPSA) is 101 Å². The second-order valence-corrected chi connectivity index (χ2v) is 6.41. The number of carbonyl (C=O) groups is 2. The van der Waals surface area contributed by atoms with E-state index in [1.165, 1.54) is 30.0 Å². The fraction of sp³-hybridized carbons (Fsp3) is 0.176. The van der Waals surface area contributed by atoms with Gasteiger partial charge >= 0.3 is 0 Å². The second-order valence-electron chi connectivity index (χ2n) is 5.36. The van der Waals surface area contributed by atoms with Gasteiger partial charge in [0.25, 0.3) is 11.6 Å². The number of nitrogens with zero attached hydrogens (tertiary/aromatic N) is 1. The highest BCUT2D eigenvalue weighted by molar-refractivity contribution is 8.00. The van der Waals surface area contributed by atoms with E-state index in [-0.39, 0.29) is 22.9 Å². The molecule has 2 rings (SSSR count). The average Bonchev–Trinajstić information content (AvgIpc) is 2.59. The molecule has 0 aliphatic carbocycles. The molecule has 0 bridgehead atoms. The van der Waals surface area contributed by atoms with E-state index in [2.05, 4.69) is 10.9 Å². The first-order chi connectivity index (χ1) is 11.9. The Morgan fingerprint density at radius 2 is 1.76 bits per heavy atom. The summed E-state index contributed by atoms with van der Waals surface area (Å²) < 4.78 is 0. The third kappa shape index (κ3) is 5.32. The molecule has 130 valence electrons. The highest BCUT2D eigenvalue weighted by atomic mass is 32.2. The molecule has 0 unspecified atom stereocenters. The minimum atomic E-state index is -0.614. The minimum absolute atomic E-state index is 0.101. The maximum atomic E-state index is 12.0. The summed E-state index contributed by atoms with van der Waals surface area (Å²) in [6, 6.07) is 11.9. The van der Waals surface area contributed by atoms with Crippen molar-refractivity contribution in [3.05, 3.63) is 69.3 Å². The number of nitro benzene ring substituents is 1. The Morgan fingerprint density at radius 1 is 1.08 bits per heavy atom. The van der Waals surface area contributed by atoms with Crippen molar-refractivity contribution in [2.75, 3.05) is 5.75 Å². The van der Waals surface area contributed by atoms with E-state index in [0.717, 1.165) is 10.5 Å². The number of amides is 2. The molecule has 2 amide bonds. The highest BCUT2D eigenvalue weighted by Gasteiger charge is 2.15. The van der Waals surface area contributed by atoms with Gasteiger partial charge in [0, 0.05) is 22.1 Å². The van der Waals surface area contributed by atoms with E-state index in [1.54, 1.807) is 6.92 Å². The SMILES string of the molecule is Cc1ccc(SCC(=O)NNC(=O)c2ccc(C)c([N+](=O)[O-])c2)cc1. The third-order valence-electron chi connectivity index (χ3n) is 3.37. The number of nitrogens with one attached hydrogen (secondary N) is 2. The molecule has 0 aliphatic rings. The molecular weight excluding hydrogens is 342 g/mol. The van der Waals surface area contributed by atoms with Crippen LogP contribution >= 0.6 is 11.8 Å². The van der Waals surface area contributed by atoms with Gasteiger partial charge in [-0.3, -0.25) is 30.6 Å². The summed E-state index contributed by atoms with van der Waals surface area (Å²) in [7, 11) is 0. The normalized spacial score (nSPS) is 10.2. The predicted molar refractivity (Wildman–Crippen MR) is 95.3 cm³/mol. The van der Waals surface area contributed by atoms with E-state index >= 15 is 0 Å². The van der Waals surface area contributed by atoms with Gasteiger partial charge in [0.2, 0.25) is 5.91 Å². The van der Waals surface area contributed by atoms with Crippen molar-refractivity contribution < 1.29 is 14.5 Å². The molecule has 0 fully saturated rings. The molecule has 0 saturated carbocycles. The Morgan fingerprint density at radius 3 is 2.40 bits per heavy atom. The van der Waals surface area contributed by atoms with Gasteiger partial charge in [-0.15, -0.1) is 11.8 Å². The fourth-order valence-corrected chi connectivity index (χ4v) is 2.66. The largest absolute Gasteiger partial charge is 0.273 e. The molecule has 2 N–H and O–H groups in total. The van der Waals surface area contributed by atoms with Crippen molar-refractivity contribution in [2.24, 2.45) is 0 Å². The third-order valence-corrected chi connectivity index (χ3v) is 4.39. The van der Waals surface area contributed by atoms with Crippen molar-refractivity contribution >= 4 is 29.3 Å². The van der Waals surface area contributed by atoms with Gasteiger partial charge in [0.1, 0.15) is 0 Å². The molecule has 0 aliphatic heterocycles. The van der Waals surface area contributed by atoms with Gasteiger partial charge in [0.05, 0.1) is 10.7 Å². The number of hydrazine groups is 1. The van der Waals surface area contributed by atoms with Gasteiger partial charge in [-0.2, -0.15) is 0 Å². The first kappa shape index (κ1) is 18.5. The molecule has 0 spiro atoms. The van der Waals surface area contributed by atoms with E-state index < -0.39 is 10.8 Å². The Bertz CT molecular complexity index is 806. The van der Waals surface area contributed by atoms with Gasteiger partial charge in [0.15, 0.2) is 0 Å². The number of aryl methyl sites for hydroxylation is 2. The molecule has 0 radical (unpaired) electrons. The lowest BCUT2D eigenvalue weighted by Gasteiger charge is -2.08. The van der Waals surface area contributed by atoms with Crippen LogP contribution in [0, 0.1) is 24.0 Å². The zero-order valence-corrected chi connectivity index (χ0v) is 14.6. The summed E-state index contributed by atoms with van der Waals surface area (Å²) in [6.45, 7) is 3.57. The molecule has 0 aromatic heterocycles. The number of nitro groups is 1. The van der Waals surface area contributed by atoms with E-state index in [9.17, 15) is 19.7 Å². The molecule has 2 aromatic carbocycles. The highest BCUT2D eigenvalue weighted by Crippen LogP contribution is 2.19. The lowest BCUT2D eigenvalue weighted by Crippen LogP contribution is -2.42. The van der Waals surface area contributed by atoms with Crippen molar-refractivity contribution in [1.29, 1.82) is 0 Å². The molecule has 25 heavy (non-hydrogen) atoms. The Balaban J connectivity index is 1.87. The van der Waals surface area contributed by atoms with Gasteiger partial charge in [-0.1, -0.05) is 23.8 Å². The summed E-state index contributed by atoms with van der Waals surface area (Å²) in [4.78, 5) is 35.1. The maximum absolute atomic E-state index is 12.0. The lowest BCUT2D eigenvalue weighted by molar-refractivity contribution is -0.385. The summed E-state index contributed by atoms with van der Waals surface area (Å²) in [5, 5.41) is 10.9. The number of hydrogen-bond acceptors (Lipinski definition) is 5. The van der Waals surface area contributed by atoms with E-state index in [1.807, 2.05) is 31.2 Å². The first-order valence-electron chi connectivity index (χ1n) is 7.40. The van der Waals surface area contributed by atoms with Crippen molar-refractivity contribution in [1.82, 2.24) is 10.9 Å². The summed E-state index contributed by atoms with van der Waals surface area (Å²) in [5.41, 5.74) is 6.10. The summed E-state index contributed by atoms with van der Waals surface area (Å²) in [5.74, 6) is -0.852. The monoisotopic (exact) mass is 359 g/mol. The van der Waals surface area contributed by atoms with Crippen LogP contribution < -0.4 is 10.9 Å². The van der Waals surface area contributed by atoms with Crippen LogP contribution in [0.4, 0.5) is 5.69 Å². The first-order valence-corrected chi connectivity index (χ1v) is 8.39. The fourth-order valence-electron chi connectivity index (χ4n) is 1.97. The number of carbonyl (C=O) groups excluding carboxylic acids is 2. The molecule has 0 atom stereocenters. The van der Waals surface area contributed by atoms with Crippen LogP contribution in [0.3, 0.4) is 0 Å². The summed E-state index contributed by atoms with van der Waals surface area (Å²) in [6.07, 6.45) is 0. The number of rotatable bonds is 5. The van der Waals surface area contributed by atoms with Crippen molar-refractivity contribution in [3.8, 4) is 0 Å². The van der Waals surface area contributed by atoms with Crippen LogP contribution in [-0.4, -0.2) is 22.5 Å². The minimum Gasteiger partial charge on any atom is -0.272 e. The number of thioether (sulfide) groups is 1. The zero-order valence-electron chi connectivity index (χ0n) is 13.7. The summed E-state index contributed by atoms with van der Waals surface area (Å²) >= 11 is 1.34.